The fraction of sp³-hybridized carbons (Fsp3) is 0.208. The van der Waals surface area contributed by atoms with Gasteiger partial charge in [0.25, 0.3) is 0 Å². The quantitative estimate of drug-likeness (QED) is 0.504. The van der Waals surface area contributed by atoms with Crippen LogP contribution in [0.1, 0.15) is 6.42 Å². The standard InChI is InChI=1S/C24H18N2O2/c27-23-20-15-9-10-16(13-15)21(20)24(28)26(23)19-8-4-7-18-17(11-12-25-22(18)19)14-5-2-1-3-6-14/h1-12,15-16,20-21H,13H2/t15-,16-,20+,21+/m0/s1. The molecule has 4 heteroatoms. The van der Waals surface area contributed by atoms with Crippen LogP contribution >= 0.6 is 0 Å². The molecule has 3 aliphatic rings. The zero-order chi connectivity index (χ0) is 18.8. The van der Waals surface area contributed by atoms with Crippen LogP contribution in [0.4, 0.5) is 5.69 Å². The summed E-state index contributed by atoms with van der Waals surface area (Å²) in [4.78, 5) is 32.4. The minimum absolute atomic E-state index is 0.0636. The van der Waals surface area contributed by atoms with Gasteiger partial charge in [0.1, 0.15) is 0 Å². The van der Waals surface area contributed by atoms with Crippen molar-refractivity contribution in [1.82, 2.24) is 4.98 Å². The lowest BCUT2D eigenvalue weighted by atomic mass is 9.85. The van der Waals surface area contributed by atoms with Crippen LogP contribution in [0.25, 0.3) is 22.0 Å². The zero-order valence-corrected chi connectivity index (χ0v) is 15.2. The molecule has 1 aliphatic heterocycles. The second kappa shape index (κ2) is 5.61. The number of amides is 2. The van der Waals surface area contributed by atoms with E-state index < -0.39 is 0 Å². The zero-order valence-electron chi connectivity index (χ0n) is 15.2. The topological polar surface area (TPSA) is 50.3 Å². The molecule has 2 aromatic carbocycles. The summed E-state index contributed by atoms with van der Waals surface area (Å²) in [5, 5.41) is 0.949. The van der Waals surface area contributed by atoms with Crippen molar-refractivity contribution in [3.8, 4) is 11.1 Å². The molecule has 0 unspecified atom stereocenters. The largest absolute Gasteiger partial charge is 0.274 e. The molecule has 0 radical (unpaired) electrons. The van der Waals surface area contributed by atoms with Gasteiger partial charge in [0.2, 0.25) is 11.8 Å². The van der Waals surface area contributed by atoms with E-state index in [2.05, 4.69) is 29.3 Å². The molecule has 2 amide bonds. The summed E-state index contributed by atoms with van der Waals surface area (Å²) < 4.78 is 0. The summed E-state index contributed by atoms with van der Waals surface area (Å²) in [6.07, 6.45) is 6.93. The number of carbonyl (C=O) groups is 2. The van der Waals surface area contributed by atoms with Gasteiger partial charge in [-0.05, 0) is 41.5 Å². The number of aromatic nitrogens is 1. The molecule has 6 rings (SSSR count). The predicted molar refractivity (Wildman–Crippen MR) is 107 cm³/mol. The van der Waals surface area contributed by atoms with E-state index in [4.69, 9.17) is 0 Å². The van der Waals surface area contributed by atoms with Crippen molar-refractivity contribution in [2.75, 3.05) is 4.90 Å². The maximum absolute atomic E-state index is 13.2. The number of imide groups is 1. The Morgan fingerprint density at radius 2 is 1.54 bits per heavy atom. The first-order valence-electron chi connectivity index (χ1n) is 9.73. The third kappa shape index (κ3) is 1.97. The maximum atomic E-state index is 13.2. The minimum atomic E-state index is -0.199. The Morgan fingerprint density at radius 3 is 2.25 bits per heavy atom. The summed E-state index contributed by atoms with van der Waals surface area (Å²) in [7, 11) is 0. The molecule has 4 nitrogen and oxygen atoms in total. The number of para-hydroxylation sites is 1. The molecule has 0 spiro atoms. The van der Waals surface area contributed by atoms with Gasteiger partial charge < -0.3 is 0 Å². The lowest BCUT2D eigenvalue weighted by Gasteiger charge is -2.19. The fourth-order valence-corrected chi connectivity index (χ4v) is 5.35. The van der Waals surface area contributed by atoms with Crippen molar-refractivity contribution in [2.45, 2.75) is 6.42 Å². The van der Waals surface area contributed by atoms with E-state index in [1.165, 1.54) is 4.90 Å². The molecule has 28 heavy (non-hydrogen) atoms. The van der Waals surface area contributed by atoms with Crippen molar-refractivity contribution in [2.24, 2.45) is 23.7 Å². The minimum Gasteiger partial charge on any atom is -0.274 e. The van der Waals surface area contributed by atoms with Gasteiger partial charge in [0.05, 0.1) is 23.0 Å². The Kier molecular flexibility index (Phi) is 3.16. The van der Waals surface area contributed by atoms with Crippen LogP contribution < -0.4 is 4.90 Å². The summed E-state index contributed by atoms with van der Waals surface area (Å²) >= 11 is 0. The molecular formula is C24H18N2O2. The van der Waals surface area contributed by atoms with Crippen molar-refractivity contribution >= 4 is 28.4 Å². The number of hydrogen-bond acceptors (Lipinski definition) is 3. The maximum Gasteiger partial charge on any atom is 0.238 e. The first kappa shape index (κ1) is 15.8. The van der Waals surface area contributed by atoms with Gasteiger partial charge in [-0.1, -0.05) is 54.6 Å². The van der Waals surface area contributed by atoms with E-state index >= 15 is 0 Å². The van der Waals surface area contributed by atoms with E-state index in [1.807, 2.05) is 42.5 Å². The van der Waals surface area contributed by atoms with Gasteiger partial charge in [0, 0.05) is 11.6 Å². The van der Waals surface area contributed by atoms with Crippen LogP contribution in [0, 0.1) is 23.7 Å². The fourth-order valence-electron chi connectivity index (χ4n) is 5.35. The highest BCUT2D eigenvalue weighted by Gasteiger charge is 2.59. The highest BCUT2D eigenvalue weighted by Crippen LogP contribution is 2.53. The van der Waals surface area contributed by atoms with Crippen LogP contribution in [-0.2, 0) is 9.59 Å². The van der Waals surface area contributed by atoms with Gasteiger partial charge in [-0.25, -0.2) is 4.90 Å². The van der Waals surface area contributed by atoms with Gasteiger partial charge in [-0.3, -0.25) is 14.6 Å². The number of pyridine rings is 1. The number of carbonyl (C=O) groups excluding carboxylic acids is 2. The van der Waals surface area contributed by atoms with Crippen LogP contribution in [0.15, 0.2) is 72.9 Å². The monoisotopic (exact) mass is 366 g/mol. The molecule has 4 atom stereocenters. The average molecular weight is 366 g/mol. The highest BCUT2D eigenvalue weighted by molar-refractivity contribution is 6.25. The summed E-state index contributed by atoms with van der Waals surface area (Å²) in [5.74, 6) is -0.110. The Balaban J connectivity index is 1.51. The number of allylic oxidation sites excluding steroid dienone is 2. The number of hydrogen-bond donors (Lipinski definition) is 0. The molecule has 2 fully saturated rings. The summed E-state index contributed by atoms with van der Waals surface area (Å²) in [5.41, 5.74) is 3.45. The van der Waals surface area contributed by atoms with Crippen molar-refractivity contribution in [3.05, 3.63) is 72.9 Å². The summed E-state index contributed by atoms with van der Waals surface area (Å²) in [6.45, 7) is 0. The second-order valence-electron chi connectivity index (χ2n) is 7.91. The molecule has 2 heterocycles. The van der Waals surface area contributed by atoms with Crippen LogP contribution in [-0.4, -0.2) is 16.8 Å². The molecule has 2 aliphatic carbocycles. The molecule has 1 saturated heterocycles. The highest BCUT2D eigenvalue weighted by atomic mass is 16.2. The molecule has 1 saturated carbocycles. The molecule has 2 bridgehead atoms. The van der Waals surface area contributed by atoms with E-state index in [1.54, 1.807) is 6.20 Å². The third-order valence-corrected chi connectivity index (χ3v) is 6.55. The lowest BCUT2D eigenvalue weighted by molar-refractivity contribution is -0.123. The van der Waals surface area contributed by atoms with E-state index in [0.29, 0.717) is 11.2 Å². The van der Waals surface area contributed by atoms with Gasteiger partial charge in [-0.2, -0.15) is 0 Å². The van der Waals surface area contributed by atoms with Crippen molar-refractivity contribution in [3.63, 3.8) is 0 Å². The van der Waals surface area contributed by atoms with E-state index in [9.17, 15) is 9.59 Å². The van der Waals surface area contributed by atoms with Crippen LogP contribution in [0.2, 0.25) is 0 Å². The first-order chi connectivity index (χ1) is 13.7. The first-order valence-corrected chi connectivity index (χ1v) is 9.73. The number of rotatable bonds is 2. The number of fused-ring (bicyclic) bond motifs is 6. The lowest BCUT2D eigenvalue weighted by Crippen LogP contribution is -2.33. The Hall–Kier alpha value is -3.27. The number of anilines is 1. The van der Waals surface area contributed by atoms with Gasteiger partial charge in [0.15, 0.2) is 0 Å². The van der Waals surface area contributed by atoms with Crippen LogP contribution in [0.5, 0.6) is 0 Å². The Morgan fingerprint density at radius 1 is 0.821 bits per heavy atom. The molecule has 0 N–H and O–H groups in total. The van der Waals surface area contributed by atoms with E-state index in [0.717, 1.165) is 22.9 Å². The SMILES string of the molecule is O=C1[C@H]2[C@H](C(=O)N1c1cccc3c(-c4ccccc4)ccnc13)[C@H]1C=C[C@H]2C1. The molecule has 136 valence electrons. The molecule has 3 aromatic rings. The smallest absolute Gasteiger partial charge is 0.238 e. The second-order valence-corrected chi connectivity index (χ2v) is 7.91. The van der Waals surface area contributed by atoms with Crippen molar-refractivity contribution in [1.29, 1.82) is 0 Å². The summed E-state index contributed by atoms with van der Waals surface area (Å²) in [6, 6.07) is 17.8. The van der Waals surface area contributed by atoms with Crippen LogP contribution in [0.3, 0.4) is 0 Å². The normalized spacial score (nSPS) is 27.8. The molecular weight excluding hydrogens is 348 g/mol. The Bertz CT molecular complexity index is 1140. The Labute approximate surface area is 162 Å². The van der Waals surface area contributed by atoms with Gasteiger partial charge >= 0.3 is 0 Å². The van der Waals surface area contributed by atoms with E-state index in [-0.39, 0.29) is 35.5 Å². The third-order valence-electron chi connectivity index (χ3n) is 6.55. The predicted octanol–water partition coefficient (Wildman–Crippen LogP) is 4.21. The van der Waals surface area contributed by atoms with Gasteiger partial charge in [-0.15, -0.1) is 0 Å². The number of benzene rings is 2. The number of nitrogens with zero attached hydrogens (tertiary/aromatic N) is 2. The average Bonchev–Trinajstić information content (AvgIpc) is 3.42. The molecule has 1 aromatic heterocycles. The van der Waals surface area contributed by atoms with Crippen molar-refractivity contribution < 1.29 is 9.59 Å².